The van der Waals surface area contributed by atoms with Gasteiger partial charge in [-0.3, -0.25) is 4.79 Å². The van der Waals surface area contributed by atoms with Gasteiger partial charge in [0.25, 0.3) is 0 Å². The Hall–Kier alpha value is -0.570. The van der Waals surface area contributed by atoms with Crippen molar-refractivity contribution in [1.82, 2.24) is 5.32 Å². The summed E-state index contributed by atoms with van der Waals surface area (Å²) in [5, 5.41) is 11.9. The van der Waals surface area contributed by atoms with Crippen molar-refractivity contribution in [1.29, 1.82) is 0 Å². The number of hydrogen-bond acceptors (Lipinski definition) is 2. The molecule has 3 heteroatoms. The lowest BCUT2D eigenvalue weighted by molar-refractivity contribution is -0.139. The van der Waals surface area contributed by atoms with Crippen molar-refractivity contribution in [3.8, 4) is 0 Å². The summed E-state index contributed by atoms with van der Waals surface area (Å²) in [7, 11) is 0. The summed E-state index contributed by atoms with van der Waals surface area (Å²) in [6.45, 7) is 4.00. The van der Waals surface area contributed by atoms with Crippen molar-refractivity contribution in [2.45, 2.75) is 51.6 Å². The van der Waals surface area contributed by atoms with Crippen LogP contribution in [0.5, 0.6) is 0 Å². The molecule has 76 valence electrons. The number of fused-ring (bicyclic) bond motifs is 1. The van der Waals surface area contributed by atoms with E-state index in [9.17, 15) is 4.79 Å². The molecule has 1 aliphatic heterocycles. The van der Waals surface area contributed by atoms with Crippen molar-refractivity contribution in [2.75, 3.05) is 0 Å². The number of carboxylic acid groups (broad SMARTS) is 1. The van der Waals surface area contributed by atoms with Crippen LogP contribution in [0.2, 0.25) is 0 Å². The molecule has 1 heterocycles. The van der Waals surface area contributed by atoms with Crippen molar-refractivity contribution in [3.63, 3.8) is 0 Å². The smallest absolute Gasteiger partial charge is 0.320 e. The van der Waals surface area contributed by atoms with Gasteiger partial charge in [-0.1, -0.05) is 20.3 Å². The Morgan fingerprint density at radius 3 is 2.62 bits per heavy atom. The maximum absolute atomic E-state index is 10.6. The lowest BCUT2D eigenvalue weighted by atomic mass is 10.0. The predicted octanol–water partition coefficient (Wildman–Crippen LogP) is 1.63. The molecule has 2 N–H and O–H groups in total. The highest BCUT2D eigenvalue weighted by atomic mass is 16.4. The molecule has 2 unspecified atom stereocenters. The molecule has 0 bridgehead atoms. The molecule has 1 saturated carbocycles. The molecule has 2 fully saturated rings. The molecule has 3 nitrogen and oxygen atoms in total. The van der Waals surface area contributed by atoms with Gasteiger partial charge in [0.2, 0.25) is 0 Å². The van der Waals surface area contributed by atoms with Gasteiger partial charge in [-0.15, -0.1) is 0 Å². The Morgan fingerprint density at radius 2 is 2.08 bits per heavy atom. The predicted molar refractivity (Wildman–Crippen MR) is 51.7 cm³/mol. The first kappa shape index (κ1) is 10.5. The zero-order valence-electron chi connectivity index (χ0n) is 8.42. The van der Waals surface area contributed by atoms with Gasteiger partial charge in [0.1, 0.15) is 6.04 Å². The lowest BCUT2D eigenvalue weighted by Gasteiger charge is -2.07. The first-order valence-corrected chi connectivity index (χ1v) is 5.26. The number of hydrogen-bond donors (Lipinski definition) is 2. The van der Waals surface area contributed by atoms with E-state index in [1.807, 2.05) is 13.8 Å². The molecule has 0 amide bonds. The third-order valence-electron chi connectivity index (χ3n) is 2.91. The molecular formula is C10H19NO2. The second-order valence-corrected chi connectivity index (χ2v) is 3.59. The minimum Gasteiger partial charge on any atom is -0.480 e. The van der Waals surface area contributed by atoms with Gasteiger partial charge in [0, 0.05) is 6.04 Å². The summed E-state index contributed by atoms with van der Waals surface area (Å²) >= 11 is 0. The number of carbonyl (C=O) groups is 1. The highest BCUT2D eigenvalue weighted by molar-refractivity contribution is 5.74. The Bertz CT molecular complexity index is 170. The molecule has 0 aromatic carbocycles. The largest absolute Gasteiger partial charge is 0.480 e. The molecule has 2 rings (SSSR count). The average Bonchev–Trinajstić information content (AvgIpc) is 2.65. The fraction of sp³-hybridized carbons (Fsp3) is 0.900. The minimum absolute atomic E-state index is 0.259. The molecule has 0 spiro atoms. The quantitative estimate of drug-likeness (QED) is 0.652. The van der Waals surface area contributed by atoms with Crippen molar-refractivity contribution in [3.05, 3.63) is 0 Å². The van der Waals surface area contributed by atoms with Crippen LogP contribution in [0.1, 0.15) is 39.5 Å². The fourth-order valence-electron chi connectivity index (χ4n) is 2.34. The molecular weight excluding hydrogens is 166 g/mol. The monoisotopic (exact) mass is 185 g/mol. The Morgan fingerprint density at radius 1 is 1.38 bits per heavy atom. The summed E-state index contributed by atoms with van der Waals surface area (Å²) < 4.78 is 0. The SMILES string of the molecule is CC.O=C(O)C1CC2CCC[C@@H]2N1. The van der Waals surface area contributed by atoms with E-state index in [-0.39, 0.29) is 6.04 Å². The van der Waals surface area contributed by atoms with E-state index >= 15 is 0 Å². The third-order valence-corrected chi connectivity index (χ3v) is 2.91. The Kier molecular flexibility index (Phi) is 3.72. The standard InChI is InChI=1S/C8H13NO2.C2H6/c10-8(11)7-4-5-2-1-3-6(5)9-7;1-2/h5-7,9H,1-4H2,(H,10,11);1-2H3/t5?,6-,7?;/m0./s1. The maximum Gasteiger partial charge on any atom is 0.320 e. The van der Waals surface area contributed by atoms with Crippen LogP contribution in [0.3, 0.4) is 0 Å². The zero-order chi connectivity index (χ0) is 9.84. The van der Waals surface area contributed by atoms with Gasteiger partial charge < -0.3 is 10.4 Å². The van der Waals surface area contributed by atoms with Gasteiger partial charge in [-0.25, -0.2) is 0 Å². The van der Waals surface area contributed by atoms with Crippen molar-refractivity contribution >= 4 is 5.97 Å². The first-order chi connectivity index (χ1) is 6.27. The van der Waals surface area contributed by atoms with Crippen LogP contribution in [0.25, 0.3) is 0 Å². The molecule has 2 aliphatic rings. The highest BCUT2D eigenvalue weighted by Gasteiger charge is 2.39. The Labute approximate surface area is 79.5 Å². The normalized spacial score (nSPS) is 36.3. The fourth-order valence-corrected chi connectivity index (χ4v) is 2.34. The van der Waals surface area contributed by atoms with E-state index in [2.05, 4.69) is 5.32 Å². The van der Waals surface area contributed by atoms with Crippen LogP contribution in [-0.2, 0) is 4.79 Å². The van der Waals surface area contributed by atoms with Crippen LogP contribution in [0.15, 0.2) is 0 Å². The van der Waals surface area contributed by atoms with Gasteiger partial charge >= 0.3 is 5.97 Å². The minimum atomic E-state index is -0.681. The van der Waals surface area contributed by atoms with Crippen LogP contribution >= 0.6 is 0 Å². The number of nitrogens with one attached hydrogen (secondary N) is 1. The van der Waals surface area contributed by atoms with E-state index in [1.165, 1.54) is 19.3 Å². The van der Waals surface area contributed by atoms with E-state index in [4.69, 9.17) is 5.11 Å². The third kappa shape index (κ3) is 2.21. The summed E-state index contributed by atoms with van der Waals surface area (Å²) in [6, 6.07) is 0.251. The van der Waals surface area contributed by atoms with Crippen LogP contribution in [0.4, 0.5) is 0 Å². The molecule has 1 saturated heterocycles. The van der Waals surface area contributed by atoms with Crippen LogP contribution < -0.4 is 5.32 Å². The number of carboxylic acids is 1. The number of aliphatic carboxylic acids is 1. The lowest BCUT2D eigenvalue weighted by Crippen LogP contribution is -2.34. The van der Waals surface area contributed by atoms with Crippen LogP contribution in [-0.4, -0.2) is 23.2 Å². The van der Waals surface area contributed by atoms with E-state index in [0.29, 0.717) is 12.0 Å². The zero-order valence-corrected chi connectivity index (χ0v) is 8.42. The molecule has 0 radical (unpaired) electrons. The van der Waals surface area contributed by atoms with Crippen molar-refractivity contribution in [2.24, 2.45) is 5.92 Å². The van der Waals surface area contributed by atoms with Gasteiger partial charge in [0.15, 0.2) is 0 Å². The van der Waals surface area contributed by atoms with Gasteiger partial charge in [-0.05, 0) is 25.2 Å². The van der Waals surface area contributed by atoms with Gasteiger partial charge in [0.05, 0.1) is 0 Å². The van der Waals surface area contributed by atoms with E-state index in [0.717, 1.165) is 6.42 Å². The van der Waals surface area contributed by atoms with Crippen LogP contribution in [0, 0.1) is 5.92 Å². The van der Waals surface area contributed by atoms with Gasteiger partial charge in [-0.2, -0.15) is 0 Å². The summed E-state index contributed by atoms with van der Waals surface area (Å²) in [5.41, 5.74) is 0. The summed E-state index contributed by atoms with van der Waals surface area (Å²) in [4.78, 5) is 10.6. The number of rotatable bonds is 1. The average molecular weight is 185 g/mol. The van der Waals surface area contributed by atoms with Crippen molar-refractivity contribution < 1.29 is 9.90 Å². The van der Waals surface area contributed by atoms with E-state index < -0.39 is 5.97 Å². The Balaban J connectivity index is 0.000000396. The molecule has 13 heavy (non-hydrogen) atoms. The second-order valence-electron chi connectivity index (χ2n) is 3.59. The maximum atomic E-state index is 10.6. The molecule has 0 aromatic rings. The first-order valence-electron chi connectivity index (χ1n) is 5.26. The summed E-state index contributed by atoms with van der Waals surface area (Å²) in [6.07, 6.45) is 4.52. The highest BCUT2D eigenvalue weighted by Crippen LogP contribution is 2.34. The summed E-state index contributed by atoms with van der Waals surface area (Å²) in [5.74, 6) is -0.0319. The molecule has 3 atom stereocenters. The molecule has 1 aliphatic carbocycles. The molecule has 0 aromatic heterocycles. The van der Waals surface area contributed by atoms with E-state index in [1.54, 1.807) is 0 Å². The topological polar surface area (TPSA) is 49.3 Å². The second kappa shape index (κ2) is 4.61.